The summed E-state index contributed by atoms with van der Waals surface area (Å²) in [5, 5.41) is 0.619. The molecule has 3 aliphatic heterocycles. The van der Waals surface area contributed by atoms with E-state index in [0.29, 0.717) is 23.8 Å². The normalized spacial score (nSPS) is 36.8. The second kappa shape index (κ2) is 8.96. The molecule has 0 radical (unpaired) electrons. The molecule has 47 heavy (non-hydrogen) atoms. The van der Waals surface area contributed by atoms with Crippen molar-refractivity contribution in [1.82, 2.24) is 0 Å². The number of esters is 4. The van der Waals surface area contributed by atoms with E-state index < -0.39 is 80.2 Å². The molecule has 2 saturated carbocycles. The lowest BCUT2D eigenvalue weighted by Gasteiger charge is -2.46. The average Bonchev–Trinajstić information content (AvgIpc) is 3.42. The van der Waals surface area contributed by atoms with Crippen molar-refractivity contribution in [3.05, 3.63) is 39.2 Å². The van der Waals surface area contributed by atoms with E-state index in [1.165, 1.54) is 6.07 Å². The maximum absolute atomic E-state index is 14.5. The molecule has 2 aliphatic carbocycles. The Kier molecular flexibility index (Phi) is 6.04. The number of hydrogen-bond donors (Lipinski definition) is 0. The minimum Gasteiger partial charge on any atom is -0.483 e. The third-order valence-electron chi connectivity index (χ3n) is 13.3. The lowest BCUT2D eigenvalue weighted by atomic mass is 9.66. The second-order valence-electron chi connectivity index (χ2n) is 16.3. The minimum absolute atomic E-state index is 0.134. The summed E-state index contributed by atoms with van der Waals surface area (Å²) in [5.74, 6) is -2.23. The number of hydrogen-bond acceptors (Lipinski definition) is 11. The fraction of sp³-hybridized carbons (Fsp3) is 0.639. The first-order valence-electron chi connectivity index (χ1n) is 16.3. The monoisotopic (exact) mass is 650 g/mol. The summed E-state index contributed by atoms with van der Waals surface area (Å²) < 4.78 is 36.7. The Morgan fingerprint density at radius 3 is 1.66 bits per heavy atom. The highest BCUT2D eigenvalue weighted by molar-refractivity contribution is 5.95. The highest BCUT2D eigenvalue weighted by atomic mass is 16.7. The molecule has 1 aromatic carbocycles. The Labute approximate surface area is 272 Å². The molecule has 0 N–H and O–H groups in total. The van der Waals surface area contributed by atoms with Crippen LogP contribution in [0.3, 0.4) is 0 Å². The molecule has 0 spiro atoms. The molecule has 2 aromatic rings. The Hall–Kier alpha value is -3.89. The van der Waals surface area contributed by atoms with E-state index in [-0.39, 0.29) is 29.7 Å². The summed E-state index contributed by atoms with van der Waals surface area (Å²) in [4.78, 5) is 67.8. The largest absolute Gasteiger partial charge is 0.483 e. The number of benzene rings is 1. The van der Waals surface area contributed by atoms with Crippen LogP contribution in [0.25, 0.3) is 11.0 Å². The summed E-state index contributed by atoms with van der Waals surface area (Å²) >= 11 is 0. The summed E-state index contributed by atoms with van der Waals surface area (Å²) in [6.45, 7) is 17.9. The van der Waals surface area contributed by atoms with Crippen molar-refractivity contribution in [2.75, 3.05) is 0 Å². The summed E-state index contributed by atoms with van der Waals surface area (Å²) in [5.41, 5.74) is -6.94. The quantitative estimate of drug-likeness (QED) is 0.241. The zero-order chi connectivity index (χ0) is 34.5. The van der Waals surface area contributed by atoms with E-state index in [1.54, 1.807) is 40.7 Å². The van der Waals surface area contributed by atoms with Gasteiger partial charge in [0.2, 0.25) is 11.2 Å². The van der Waals surface area contributed by atoms with Crippen LogP contribution in [0.5, 0.6) is 5.75 Å². The Bertz CT molecular complexity index is 1880. The molecule has 0 amide bonds. The highest BCUT2D eigenvalue weighted by Crippen LogP contribution is 2.67. The van der Waals surface area contributed by atoms with Crippen molar-refractivity contribution in [2.24, 2.45) is 21.7 Å². The van der Waals surface area contributed by atoms with Crippen LogP contribution in [0, 0.1) is 35.5 Å². The van der Waals surface area contributed by atoms with Gasteiger partial charge in [0.25, 0.3) is 0 Å². The molecule has 5 aliphatic rings. The van der Waals surface area contributed by atoms with Gasteiger partial charge in [-0.05, 0) is 84.4 Å². The molecular formula is C36H42O11. The third kappa shape index (κ3) is 3.50. The fourth-order valence-electron chi connectivity index (χ4n) is 9.11. The zero-order valence-electron chi connectivity index (χ0n) is 28.6. The van der Waals surface area contributed by atoms with Crippen molar-refractivity contribution >= 4 is 34.8 Å². The number of carbonyl (C=O) groups is 4. The van der Waals surface area contributed by atoms with Gasteiger partial charge >= 0.3 is 29.5 Å². The van der Waals surface area contributed by atoms with E-state index in [1.807, 2.05) is 34.6 Å². The lowest BCUT2D eigenvalue weighted by molar-refractivity contribution is -0.217. The van der Waals surface area contributed by atoms with Crippen LogP contribution in [0.4, 0.5) is 0 Å². The predicted octanol–water partition coefficient (Wildman–Crippen LogP) is 5.32. The zero-order valence-corrected chi connectivity index (χ0v) is 28.6. The fourth-order valence-corrected chi connectivity index (χ4v) is 9.11. The molecule has 4 heterocycles. The molecule has 6 atom stereocenters. The van der Waals surface area contributed by atoms with Gasteiger partial charge in [-0.25, -0.2) is 14.4 Å². The van der Waals surface area contributed by atoms with E-state index in [0.717, 1.165) is 5.56 Å². The van der Waals surface area contributed by atoms with Crippen molar-refractivity contribution in [3.63, 3.8) is 0 Å². The van der Waals surface area contributed by atoms with Gasteiger partial charge < -0.3 is 28.1 Å². The Morgan fingerprint density at radius 1 is 0.702 bits per heavy atom. The van der Waals surface area contributed by atoms with Crippen LogP contribution in [-0.4, -0.2) is 46.8 Å². The van der Waals surface area contributed by atoms with Crippen LogP contribution in [-0.2, 0) is 38.1 Å². The molecule has 2 saturated heterocycles. The van der Waals surface area contributed by atoms with Crippen molar-refractivity contribution in [3.8, 4) is 5.75 Å². The maximum atomic E-state index is 14.5. The van der Waals surface area contributed by atoms with Gasteiger partial charge in [-0.1, -0.05) is 27.7 Å². The van der Waals surface area contributed by atoms with Gasteiger partial charge in [0.1, 0.15) is 16.9 Å². The van der Waals surface area contributed by atoms with Gasteiger partial charge in [-0.15, -0.1) is 0 Å². The van der Waals surface area contributed by atoms with Crippen molar-refractivity contribution < 1.29 is 47.3 Å². The Morgan fingerprint density at radius 2 is 1.19 bits per heavy atom. The Balaban J connectivity index is 1.39. The van der Waals surface area contributed by atoms with Crippen LogP contribution < -0.4 is 10.4 Å². The molecule has 1 aromatic heterocycles. The topological polar surface area (TPSA) is 145 Å². The van der Waals surface area contributed by atoms with Crippen molar-refractivity contribution in [2.45, 2.75) is 124 Å². The molecule has 7 rings (SSSR count). The molecule has 11 heteroatoms. The first kappa shape index (κ1) is 31.7. The van der Waals surface area contributed by atoms with E-state index >= 15 is 0 Å². The smallest absolute Gasteiger partial charge is 0.351 e. The highest BCUT2D eigenvalue weighted by Gasteiger charge is 2.78. The standard InChI is InChI=1S/C36H42O11/c1-17-15-19-22(23-21(17)18(2)16-20(37)42-23)24(43-28(40)35-13-11-33(9,26(38)46-35)31(35,5)6)25(30(3,4)45-19)44-29(41)36-14-12-34(10,27(39)47-36)32(36,7)8/h15-16,24-25H,11-14H2,1-10H3/t24-,25-,33+,34+,35-,36-/m1/s1. The first-order chi connectivity index (χ1) is 21.6. The van der Waals surface area contributed by atoms with Gasteiger partial charge in [-0.3, -0.25) is 9.59 Å². The first-order valence-corrected chi connectivity index (χ1v) is 16.3. The SMILES string of the molecule is Cc1cc2c(c3oc(=O)cc(C)c13)[C@@H](OC(=O)[C@@]13CC[C@@](C)(C(=O)O1)C3(C)C)[C@@H](OC(=O)[C@@]13CC[C@@](C)(C(=O)O1)C3(C)C)C(C)(C)O2. The molecule has 4 bridgehead atoms. The summed E-state index contributed by atoms with van der Waals surface area (Å²) in [6.07, 6.45) is -1.28. The number of ether oxygens (including phenoxy) is 5. The number of fused-ring (bicyclic) bond motifs is 7. The lowest BCUT2D eigenvalue weighted by Crippen LogP contribution is -2.57. The van der Waals surface area contributed by atoms with E-state index in [9.17, 15) is 24.0 Å². The average molecular weight is 651 g/mol. The molecule has 0 unspecified atom stereocenters. The van der Waals surface area contributed by atoms with Gasteiger partial charge in [0.15, 0.2) is 12.2 Å². The van der Waals surface area contributed by atoms with Crippen molar-refractivity contribution in [1.29, 1.82) is 0 Å². The second-order valence-corrected chi connectivity index (χ2v) is 16.3. The van der Waals surface area contributed by atoms with Gasteiger partial charge in [0, 0.05) is 22.3 Å². The number of rotatable bonds is 4. The number of carbonyl (C=O) groups excluding carboxylic acids is 4. The molecule has 4 fully saturated rings. The number of aryl methyl sites for hydroxylation is 2. The molecular weight excluding hydrogens is 608 g/mol. The summed E-state index contributed by atoms with van der Waals surface area (Å²) in [7, 11) is 0. The third-order valence-corrected chi connectivity index (χ3v) is 13.3. The van der Waals surface area contributed by atoms with E-state index in [2.05, 4.69) is 0 Å². The summed E-state index contributed by atoms with van der Waals surface area (Å²) in [6, 6.07) is 3.15. The predicted molar refractivity (Wildman–Crippen MR) is 165 cm³/mol. The van der Waals surface area contributed by atoms with Crippen LogP contribution in [0.1, 0.15) is 104 Å². The van der Waals surface area contributed by atoms with Gasteiger partial charge in [-0.2, -0.15) is 0 Å². The van der Waals surface area contributed by atoms with Crippen LogP contribution >= 0.6 is 0 Å². The maximum Gasteiger partial charge on any atom is 0.351 e. The minimum atomic E-state index is -1.60. The van der Waals surface area contributed by atoms with Crippen LogP contribution in [0.15, 0.2) is 21.3 Å². The van der Waals surface area contributed by atoms with E-state index in [4.69, 9.17) is 28.1 Å². The molecule has 252 valence electrons. The van der Waals surface area contributed by atoms with Gasteiger partial charge in [0.05, 0.1) is 16.4 Å². The van der Waals surface area contributed by atoms with Crippen LogP contribution in [0.2, 0.25) is 0 Å². The molecule has 11 nitrogen and oxygen atoms in total.